The Hall–Kier alpha value is -3.05. The van der Waals surface area contributed by atoms with Crippen LogP contribution in [0.2, 0.25) is 0 Å². The molecule has 1 atom stereocenters. The molecule has 200 valence electrons. The van der Waals surface area contributed by atoms with Crippen molar-refractivity contribution in [1.82, 2.24) is 30.8 Å². The minimum absolute atomic E-state index is 0.115. The van der Waals surface area contributed by atoms with Crippen molar-refractivity contribution < 1.29 is 23.8 Å². The summed E-state index contributed by atoms with van der Waals surface area (Å²) in [6.07, 6.45) is -0.691. The summed E-state index contributed by atoms with van der Waals surface area (Å²) >= 11 is 0. The van der Waals surface area contributed by atoms with E-state index in [1.54, 1.807) is 39.3 Å². The molecule has 2 aromatic rings. The smallest absolute Gasteiger partial charge is 0.408 e. The van der Waals surface area contributed by atoms with E-state index in [1.165, 1.54) is 0 Å². The lowest BCUT2D eigenvalue weighted by Gasteiger charge is -2.29. The minimum atomic E-state index is -1.27. The predicted molar refractivity (Wildman–Crippen MR) is 134 cm³/mol. The Bertz CT molecular complexity index is 979. The summed E-state index contributed by atoms with van der Waals surface area (Å²) in [5, 5.41) is 17.5. The van der Waals surface area contributed by atoms with Crippen LogP contribution in [0.3, 0.4) is 0 Å². The summed E-state index contributed by atoms with van der Waals surface area (Å²) in [6.45, 7) is 15.6. The number of benzene rings is 1. The number of amides is 2. The average molecular weight is 505 g/mol. The lowest BCUT2D eigenvalue weighted by Crippen LogP contribution is -2.56. The Kier molecular flexibility index (Phi) is 9.94. The number of tetrazole rings is 1. The normalized spacial score (nSPS) is 13.2. The highest BCUT2D eigenvalue weighted by Crippen LogP contribution is 2.16. The van der Waals surface area contributed by atoms with E-state index in [9.17, 15) is 9.59 Å². The fourth-order valence-electron chi connectivity index (χ4n) is 3.06. The van der Waals surface area contributed by atoms with Crippen LogP contribution in [0.1, 0.15) is 72.8 Å². The molecular weight excluding hydrogens is 464 g/mol. The van der Waals surface area contributed by atoms with E-state index in [1.807, 2.05) is 51.1 Å². The molecule has 0 bridgehead atoms. The lowest BCUT2D eigenvalue weighted by atomic mass is 10.0. The van der Waals surface area contributed by atoms with E-state index in [2.05, 4.69) is 26.2 Å². The van der Waals surface area contributed by atoms with Gasteiger partial charge in [-0.2, -0.15) is 0 Å². The van der Waals surface area contributed by atoms with Crippen LogP contribution in [0, 0.1) is 0 Å². The van der Waals surface area contributed by atoms with Gasteiger partial charge in [-0.3, -0.25) is 4.79 Å². The molecule has 0 unspecified atom stereocenters. The maximum atomic E-state index is 13.2. The molecule has 0 aliphatic heterocycles. The predicted octanol–water partition coefficient (Wildman–Crippen LogP) is 3.17. The van der Waals surface area contributed by atoms with E-state index in [0.29, 0.717) is 25.6 Å². The molecular formula is C25H40N6O5. The van der Waals surface area contributed by atoms with Crippen molar-refractivity contribution >= 4 is 12.0 Å². The van der Waals surface area contributed by atoms with Gasteiger partial charge in [-0.1, -0.05) is 30.3 Å². The van der Waals surface area contributed by atoms with Crippen LogP contribution in [-0.4, -0.2) is 62.2 Å². The quantitative estimate of drug-likeness (QED) is 0.477. The van der Waals surface area contributed by atoms with Crippen LogP contribution in [0.5, 0.6) is 0 Å². The van der Waals surface area contributed by atoms with Gasteiger partial charge >= 0.3 is 6.09 Å². The van der Waals surface area contributed by atoms with Crippen LogP contribution >= 0.6 is 0 Å². The topological polar surface area (TPSA) is 129 Å². The van der Waals surface area contributed by atoms with Crippen LogP contribution in [0.4, 0.5) is 4.79 Å². The van der Waals surface area contributed by atoms with Gasteiger partial charge in [-0.15, -0.1) is 5.10 Å². The summed E-state index contributed by atoms with van der Waals surface area (Å²) in [7, 11) is 0. The maximum Gasteiger partial charge on any atom is 0.408 e. The molecule has 0 spiro atoms. The molecule has 36 heavy (non-hydrogen) atoms. The second-order valence-corrected chi connectivity index (χ2v) is 11.0. The first-order valence-electron chi connectivity index (χ1n) is 12.0. The third-order valence-corrected chi connectivity index (χ3v) is 4.79. The Morgan fingerprint density at radius 2 is 1.67 bits per heavy atom. The first kappa shape index (κ1) is 29.2. The number of nitrogens with one attached hydrogen (secondary N) is 2. The van der Waals surface area contributed by atoms with E-state index in [-0.39, 0.29) is 12.2 Å². The van der Waals surface area contributed by atoms with Crippen LogP contribution < -0.4 is 10.6 Å². The Morgan fingerprint density at radius 3 is 2.28 bits per heavy atom. The van der Waals surface area contributed by atoms with Crippen LogP contribution in [0.25, 0.3) is 0 Å². The minimum Gasteiger partial charge on any atom is -0.444 e. The summed E-state index contributed by atoms with van der Waals surface area (Å²) in [5.74, 6) is -0.0239. The number of ether oxygens (including phenoxy) is 3. The molecule has 11 heteroatoms. The fourth-order valence-corrected chi connectivity index (χ4v) is 3.06. The molecule has 0 aliphatic carbocycles. The number of alkyl carbamates (subject to hydrolysis) is 1. The third-order valence-electron chi connectivity index (χ3n) is 4.79. The molecule has 0 radical (unpaired) electrons. The van der Waals surface area contributed by atoms with Gasteiger partial charge in [0.1, 0.15) is 17.2 Å². The second-order valence-electron chi connectivity index (χ2n) is 11.0. The molecule has 11 nitrogen and oxygen atoms in total. The Balaban J connectivity index is 2.14. The summed E-state index contributed by atoms with van der Waals surface area (Å²) < 4.78 is 18.6. The molecule has 0 saturated heterocycles. The van der Waals surface area contributed by atoms with Gasteiger partial charge in [0, 0.05) is 0 Å². The zero-order valence-corrected chi connectivity index (χ0v) is 22.6. The number of hydrogen-bond acceptors (Lipinski definition) is 8. The van der Waals surface area contributed by atoms with Gasteiger partial charge in [-0.25, -0.2) is 9.48 Å². The number of rotatable bonds is 11. The van der Waals surface area contributed by atoms with Crippen molar-refractivity contribution in [2.24, 2.45) is 0 Å². The number of nitrogens with zero attached hydrogens (tertiary/aromatic N) is 4. The third kappa shape index (κ3) is 10.3. The van der Waals surface area contributed by atoms with Crippen molar-refractivity contribution in [3.8, 4) is 0 Å². The zero-order valence-electron chi connectivity index (χ0n) is 22.6. The fraction of sp³-hybridized carbons (Fsp3) is 0.640. The number of aromatic nitrogens is 4. The summed E-state index contributed by atoms with van der Waals surface area (Å²) in [5.41, 5.74) is -1.28. The molecule has 1 heterocycles. The standard InChI is InChI=1S/C25H40N6O5/c1-23(2,3)35-15-14-31-20(28-29-30-31)19(17-34-16-18-12-10-9-11-13-18)26-21(32)25(7,8)27-22(33)36-24(4,5)6/h9-13,19H,14-17H2,1-8H3,(H,26,32)(H,27,33)/t19-/m1/s1. The molecule has 2 amide bonds. The summed E-state index contributed by atoms with van der Waals surface area (Å²) in [6, 6.07) is 9.02. The molecule has 2 N–H and O–H groups in total. The number of carbonyl (C=O) groups excluding carboxylic acids is 2. The molecule has 1 aromatic heterocycles. The number of hydrogen-bond donors (Lipinski definition) is 2. The monoisotopic (exact) mass is 504 g/mol. The first-order chi connectivity index (χ1) is 16.7. The zero-order chi connectivity index (χ0) is 27.0. The molecule has 0 fully saturated rings. The Labute approximate surface area is 213 Å². The molecule has 0 saturated carbocycles. The van der Waals surface area contributed by atoms with Crippen LogP contribution in [-0.2, 0) is 32.2 Å². The molecule has 2 rings (SSSR count). The van der Waals surface area contributed by atoms with E-state index in [4.69, 9.17) is 14.2 Å². The van der Waals surface area contributed by atoms with Gasteiger partial charge in [-0.05, 0) is 71.4 Å². The highest BCUT2D eigenvalue weighted by atomic mass is 16.6. The van der Waals surface area contributed by atoms with Crippen LogP contribution in [0.15, 0.2) is 30.3 Å². The van der Waals surface area contributed by atoms with Crippen molar-refractivity contribution in [2.75, 3.05) is 13.2 Å². The molecule has 0 aliphatic rings. The van der Waals surface area contributed by atoms with Gasteiger partial charge in [0.15, 0.2) is 5.82 Å². The van der Waals surface area contributed by atoms with E-state index < -0.39 is 29.2 Å². The Morgan fingerprint density at radius 1 is 1.00 bits per heavy atom. The van der Waals surface area contributed by atoms with Gasteiger partial charge in [0.05, 0.1) is 32.0 Å². The van der Waals surface area contributed by atoms with Crippen molar-refractivity contribution in [3.63, 3.8) is 0 Å². The first-order valence-corrected chi connectivity index (χ1v) is 12.0. The lowest BCUT2D eigenvalue weighted by molar-refractivity contribution is -0.127. The van der Waals surface area contributed by atoms with E-state index in [0.717, 1.165) is 5.56 Å². The maximum absolute atomic E-state index is 13.2. The average Bonchev–Trinajstić information content (AvgIpc) is 3.19. The second kappa shape index (κ2) is 12.3. The van der Waals surface area contributed by atoms with Gasteiger partial charge in [0.2, 0.25) is 5.91 Å². The van der Waals surface area contributed by atoms with Crippen molar-refractivity contribution in [2.45, 2.75) is 91.3 Å². The SMILES string of the molecule is CC(C)(C)OCCn1nnnc1[C@@H](COCc1ccccc1)NC(=O)C(C)(C)NC(=O)OC(C)(C)C. The highest BCUT2D eigenvalue weighted by molar-refractivity contribution is 5.89. The van der Waals surface area contributed by atoms with Gasteiger partial charge < -0.3 is 24.8 Å². The molecule has 1 aromatic carbocycles. The van der Waals surface area contributed by atoms with Crippen molar-refractivity contribution in [3.05, 3.63) is 41.7 Å². The van der Waals surface area contributed by atoms with Crippen molar-refractivity contribution in [1.29, 1.82) is 0 Å². The van der Waals surface area contributed by atoms with E-state index >= 15 is 0 Å². The van der Waals surface area contributed by atoms with Gasteiger partial charge in [0.25, 0.3) is 0 Å². The largest absolute Gasteiger partial charge is 0.444 e. The number of carbonyl (C=O) groups is 2. The highest BCUT2D eigenvalue weighted by Gasteiger charge is 2.34. The summed E-state index contributed by atoms with van der Waals surface area (Å²) in [4.78, 5) is 25.5.